The molecule has 146 valence electrons. The Morgan fingerprint density at radius 3 is 2.52 bits per heavy atom. The molecule has 12 heteroatoms. The number of aromatic nitrogens is 3. The maximum atomic E-state index is 13.3. The molecule has 8 nitrogen and oxygen atoms in total. The monoisotopic (exact) mass is 403 g/mol. The molecule has 1 N–H and O–H groups in total. The molecule has 27 heavy (non-hydrogen) atoms. The molecule has 0 aliphatic rings. The van der Waals surface area contributed by atoms with Crippen LogP contribution in [0.25, 0.3) is 5.69 Å². The lowest BCUT2D eigenvalue weighted by Crippen LogP contribution is -2.23. The van der Waals surface area contributed by atoms with Crippen LogP contribution in [0, 0.1) is 11.3 Å². The third kappa shape index (κ3) is 4.55. The molecule has 0 spiro atoms. The number of ether oxygens (including phenoxy) is 1. The van der Waals surface area contributed by atoms with Crippen LogP contribution in [0.4, 0.5) is 19.0 Å². The summed E-state index contributed by atoms with van der Waals surface area (Å²) in [5.41, 5.74) is -1.98. The minimum atomic E-state index is -4.85. The molecule has 0 aromatic carbocycles. The van der Waals surface area contributed by atoms with Gasteiger partial charge >= 0.3 is 6.18 Å². The van der Waals surface area contributed by atoms with Crippen LogP contribution in [0.15, 0.2) is 23.4 Å². The Kier molecular flexibility index (Phi) is 5.76. The molecule has 0 aliphatic heterocycles. The number of halogens is 3. The number of nitrogens with zero attached hydrogens (tertiary/aromatic N) is 4. The van der Waals surface area contributed by atoms with Crippen molar-refractivity contribution in [2.24, 2.45) is 0 Å². The van der Waals surface area contributed by atoms with E-state index in [-0.39, 0.29) is 23.1 Å². The smallest absolute Gasteiger partial charge is 0.383 e. The van der Waals surface area contributed by atoms with Gasteiger partial charge in [0.15, 0.2) is 20.6 Å². The Morgan fingerprint density at radius 1 is 1.41 bits per heavy atom. The first-order valence-corrected chi connectivity index (χ1v) is 9.40. The fourth-order valence-corrected chi connectivity index (χ4v) is 2.84. The van der Waals surface area contributed by atoms with Gasteiger partial charge in [-0.2, -0.15) is 23.5 Å². The van der Waals surface area contributed by atoms with Crippen molar-refractivity contribution in [2.45, 2.75) is 24.2 Å². The van der Waals surface area contributed by atoms with E-state index in [4.69, 9.17) is 4.74 Å². The van der Waals surface area contributed by atoms with Crippen molar-refractivity contribution in [1.82, 2.24) is 14.8 Å². The van der Waals surface area contributed by atoms with E-state index < -0.39 is 33.3 Å². The Bertz CT molecular complexity index is 962. The fourth-order valence-electron chi connectivity index (χ4n) is 2.28. The molecule has 2 aromatic rings. The van der Waals surface area contributed by atoms with E-state index in [9.17, 15) is 26.9 Å². The second kappa shape index (κ2) is 7.53. The third-order valence-corrected chi connectivity index (χ3v) is 4.41. The lowest BCUT2D eigenvalue weighted by Gasteiger charge is -2.16. The van der Waals surface area contributed by atoms with E-state index in [1.165, 1.54) is 19.2 Å². The van der Waals surface area contributed by atoms with Crippen molar-refractivity contribution in [2.75, 3.05) is 25.3 Å². The Morgan fingerprint density at radius 2 is 2.07 bits per heavy atom. The van der Waals surface area contributed by atoms with E-state index in [1.54, 1.807) is 6.92 Å². The summed E-state index contributed by atoms with van der Waals surface area (Å²) in [6.45, 7) is 1.82. The van der Waals surface area contributed by atoms with Crippen LogP contribution in [0.3, 0.4) is 0 Å². The Hall–Kier alpha value is -2.65. The largest absolute Gasteiger partial charge is 0.436 e. The summed E-state index contributed by atoms with van der Waals surface area (Å²) in [5.74, 6) is -0.191. The van der Waals surface area contributed by atoms with Gasteiger partial charge in [0.1, 0.15) is 17.5 Å². The molecule has 0 saturated carbocycles. The standard InChI is InChI=1S/C15H16F3N5O3S/c1-9(8-26-2)21-14-11(6-19)13(15(16,17)18)22-23(14)10-4-5-12(20-7-10)27(3,24)25/h4-5,7,9,21H,8H2,1-3H3. The summed E-state index contributed by atoms with van der Waals surface area (Å²) in [7, 11) is -2.15. The van der Waals surface area contributed by atoms with E-state index in [2.05, 4.69) is 15.4 Å². The summed E-state index contributed by atoms with van der Waals surface area (Å²) in [5, 5.41) is 15.3. The molecule has 0 fully saturated rings. The van der Waals surface area contributed by atoms with Gasteiger partial charge in [-0.25, -0.2) is 18.1 Å². The van der Waals surface area contributed by atoms with Crippen molar-refractivity contribution in [3.8, 4) is 11.8 Å². The van der Waals surface area contributed by atoms with Gasteiger partial charge in [0.05, 0.1) is 18.5 Å². The van der Waals surface area contributed by atoms with Crippen molar-refractivity contribution in [1.29, 1.82) is 5.26 Å². The van der Waals surface area contributed by atoms with Crippen LogP contribution in [0.5, 0.6) is 0 Å². The van der Waals surface area contributed by atoms with Crippen molar-refractivity contribution in [3.63, 3.8) is 0 Å². The number of nitrogens with one attached hydrogen (secondary N) is 1. The first kappa shape index (κ1) is 20.7. The predicted molar refractivity (Wildman–Crippen MR) is 89.1 cm³/mol. The van der Waals surface area contributed by atoms with Crippen LogP contribution < -0.4 is 5.32 Å². The first-order chi connectivity index (χ1) is 12.5. The van der Waals surface area contributed by atoms with E-state index in [0.29, 0.717) is 0 Å². The highest BCUT2D eigenvalue weighted by Crippen LogP contribution is 2.35. The Labute approximate surface area is 153 Å². The zero-order valence-electron chi connectivity index (χ0n) is 14.6. The highest BCUT2D eigenvalue weighted by Gasteiger charge is 2.40. The maximum Gasteiger partial charge on any atom is 0.436 e. The molecule has 2 aromatic heterocycles. The molecule has 2 heterocycles. The minimum Gasteiger partial charge on any atom is -0.383 e. The molecule has 0 saturated heterocycles. The van der Waals surface area contributed by atoms with Crippen LogP contribution >= 0.6 is 0 Å². The van der Waals surface area contributed by atoms with Gasteiger partial charge in [-0.3, -0.25) is 0 Å². The van der Waals surface area contributed by atoms with E-state index in [0.717, 1.165) is 23.2 Å². The molecule has 0 radical (unpaired) electrons. The third-order valence-electron chi connectivity index (χ3n) is 3.41. The summed E-state index contributed by atoms with van der Waals surface area (Å²) in [4.78, 5) is 3.74. The average molecular weight is 403 g/mol. The highest BCUT2D eigenvalue weighted by molar-refractivity contribution is 7.90. The number of nitriles is 1. The number of alkyl halides is 3. The van der Waals surface area contributed by atoms with E-state index >= 15 is 0 Å². The molecular formula is C15H16F3N5O3S. The van der Waals surface area contributed by atoms with Crippen LogP contribution in [0.2, 0.25) is 0 Å². The average Bonchev–Trinajstić information content (AvgIpc) is 2.93. The van der Waals surface area contributed by atoms with Gasteiger partial charge in [-0.1, -0.05) is 0 Å². The minimum absolute atomic E-state index is 0.0570. The van der Waals surface area contributed by atoms with Crippen LogP contribution in [0.1, 0.15) is 18.2 Å². The summed E-state index contributed by atoms with van der Waals surface area (Å²) < 4.78 is 68.6. The first-order valence-electron chi connectivity index (χ1n) is 7.51. The quantitative estimate of drug-likeness (QED) is 0.786. The van der Waals surface area contributed by atoms with Crippen molar-refractivity contribution in [3.05, 3.63) is 29.6 Å². The van der Waals surface area contributed by atoms with Gasteiger partial charge in [0, 0.05) is 19.4 Å². The molecule has 0 aliphatic carbocycles. The highest BCUT2D eigenvalue weighted by atomic mass is 32.2. The summed E-state index contributed by atoms with van der Waals surface area (Å²) >= 11 is 0. The lowest BCUT2D eigenvalue weighted by molar-refractivity contribution is -0.141. The number of anilines is 1. The van der Waals surface area contributed by atoms with Crippen LogP contribution in [-0.2, 0) is 20.8 Å². The number of pyridine rings is 1. The number of rotatable bonds is 6. The van der Waals surface area contributed by atoms with Crippen molar-refractivity contribution < 1.29 is 26.3 Å². The van der Waals surface area contributed by atoms with Gasteiger partial charge in [0.2, 0.25) is 0 Å². The SMILES string of the molecule is COCC(C)Nc1c(C#N)c(C(F)(F)F)nn1-c1ccc(S(C)(=O)=O)nc1. The number of hydrogen-bond donors (Lipinski definition) is 1. The van der Waals surface area contributed by atoms with Gasteiger partial charge in [-0.05, 0) is 19.1 Å². The van der Waals surface area contributed by atoms with Gasteiger partial charge in [-0.15, -0.1) is 0 Å². The normalized spacial score (nSPS) is 13.2. The van der Waals surface area contributed by atoms with Gasteiger partial charge < -0.3 is 10.1 Å². The predicted octanol–water partition coefficient (Wildman–Crippen LogP) is 2.01. The second-order valence-corrected chi connectivity index (χ2v) is 7.68. The topological polar surface area (TPSA) is 110 Å². The number of hydrogen-bond acceptors (Lipinski definition) is 7. The van der Waals surface area contributed by atoms with Gasteiger partial charge in [0.25, 0.3) is 0 Å². The molecular weight excluding hydrogens is 387 g/mol. The fraction of sp³-hybridized carbons (Fsp3) is 0.400. The Balaban J connectivity index is 2.63. The van der Waals surface area contributed by atoms with Crippen LogP contribution in [-0.4, -0.2) is 49.2 Å². The zero-order chi connectivity index (χ0) is 20.4. The molecule has 2 rings (SSSR count). The number of methoxy groups -OCH3 is 1. The van der Waals surface area contributed by atoms with Crippen molar-refractivity contribution >= 4 is 15.7 Å². The lowest BCUT2D eigenvalue weighted by atomic mass is 10.2. The summed E-state index contributed by atoms with van der Waals surface area (Å²) in [6.07, 6.45) is -2.83. The summed E-state index contributed by atoms with van der Waals surface area (Å²) in [6, 6.07) is 3.49. The maximum absolute atomic E-state index is 13.3. The number of sulfone groups is 1. The molecule has 0 bridgehead atoms. The molecule has 1 unspecified atom stereocenters. The molecule has 0 amide bonds. The second-order valence-electron chi connectivity index (χ2n) is 5.72. The molecule has 1 atom stereocenters. The zero-order valence-corrected chi connectivity index (χ0v) is 15.4. The van der Waals surface area contributed by atoms with E-state index in [1.807, 2.05) is 0 Å².